The van der Waals surface area contributed by atoms with Crippen LogP contribution in [0.1, 0.15) is 43.4 Å². The van der Waals surface area contributed by atoms with Crippen molar-refractivity contribution in [1.82, 2.24) is 0 Å². The number of carbonyl (C=O) groups is 3. The van der Waals surface area contributed by atoms with E-state index in [1.807, 2.05) is 11.4 Å². The van der Waals surface area contributed by atoms with E-state index < -0.39 is 11.9 Å². The highest BCUT2D eigenvalue weighted by molar-refractivity contribution is 7.12. The SMILES string of the molecule is O=C(Nc1ccccc1C(=O)OCCCC(=O)c1cccs1)c1ccco1. The summed E-state index contributed by atoms with van der Waals surface area (Å²) in [7, 11) is 0. The summed E-state index contributed by atoms with van der Waals surface area (Å²) >= 11 is 1.39. The largest absolute Gasteiger partial charge is 0.462 e. The molecule has 0 fully saturated rings. The van der Waals surface area contributed by atoms with Gasteiger partial charge in [0.15, 0.2) is 11.5 Å². The first kappa shape index (κ1) is 18.6. The lowest BCUT2D eigenvalue weighted by Gasteiger charge is -2.10. The molecule has 6 nitrogen and oxygen atoms in total. The van der Waals surface area contributed by atoms with Crippen LogP contribution in [0.2, 0.25) is 0 Å². The van der Waals surface area contributed by atoms with E-state index >= 15 is 0 Å². The van der Waals surface area contributed by atoms with Gasteiger partial charge < -0.3 is 14.5 Å². The Labute approximate surface area is 159 Å². The number of para-hydroxylation sites is 1. The Morgan fingerprint density at radius 3 is 2.63 bits per heavy atom. The van der Waals surface area contributed by atoms with Crippen LogP contribution in [0.4, 0.5) is 5.69 Å². The Morgan fingerprint density at radius 2 is 1.89 bits per heavy atom. The lowest BCUT2D eigenvalue weighted by atomic mass is 10.1. The number of rotatable bonds is 8. The van der Waals surface area contributed by atoms with Gasteiger partial charge in [-0.1, -0.05) is 18.2 Å². The molecule has 0 aliphatic heterocycles. The number of furan rings is 1. The van der Waals surface area contributed by atoms with Crippen LogP contribution in [0.3, 0.4) is 0 Å². The minimum atomic E-state index is -0.561. The van der Waals surface area contributed by atoms with Crippen LogP contribution in [0, 0.1) is 0 Å². The van der Waals surface area contributed by atoms with Crippen molar-refractivity contribution < 1.29 is 23.5 Å². The number of anilines is 1. The lowest BCUT2D eigenvalue weighted by Crippen LogP contribution is -2.15. The zero-order chi connectivity index (χ0) is 19.1. The van der Waals surface area contributed by atoms with Crippen molar-refractivity contribution in [2.24, 2.45) is 0 Å². The van der Waals surface area contributed by atoms with Crippen LogP contribution in [-0.2, 0) is 4.74 Å². The Balaban J connectivity index is 1.54. The molecule has 0 atom stereocenters. The van der Waals surface area contributed by atoms with Crippen molar-refractivity contribution in [2.45, 2.75) is 12.8 Å². The van der Waals surface area contributed by atoms with E-state index in [0.717, 1.165) is 0 Å². The number of ether oxygens (including phenoxy) is 1. The molecular formula is C20H17NO5S. The Kier molecular flexibility index (Phi) is 6.17. The van der Waals surface area contributed by atoms with Crippen molar-refractivity contribution >= 4 is 34.7 Å². The van der Waals surface area contributed by atoms with Gasteiger partial charge in [0.2, 0.25) is 0 Å². The van der Waals surface area contributed by atoms with Crippen LogP contribution in [0.15, 0.2) is 64.6 Å². The van der Waals surface area contributed by atoms with Crippen molar-refractivity contribution in [3.63, 3.8) is 0 Å². The second kappa shape index (κ2) is 8.95. The summed E-state index contributed by atoms with van der Waals surface area (Å²) in [4.78, 5) is 37.1. The number of hydrogen-bond donors (Lipinski definition) is 1. The molecule has 2 heterocycles. The highest BCUT2D eigenvalue weighted by Crippen LogP contribution is 2.18. The Hall–Kier alpha value is -3.19. The minimum Gasteiger partial charge on any atom is -0.462 e. The first-order valence-corrected chi connectivity index (χ1v) is 9.21. The van der Waals surface area contributed by atoms with Gasteiger partial charge in [0.05, 0.1) is 29.0 Å². The maximum Gasteiger partial charge on any atom is 0.340 e. The number of Topliss-reactive ketones (excluding diaryl/α,β-unsaturated/α-hetero) is 1. The molecule has 138 valence electrons. The predicted octanol–water partition coefficient (Wildman–Crippen LogP) is 4.41. The number of ketones is 1. The molecule has 3 rings (SSSR count). The third kappa shape index (κ3) is 4.92. The standard InChI is InChI=1S/C20H17NO5S/c22-16(18-10-5-13-27-18)8-3-12-26-20(24)14-6-1-2-7-15(14)21-19(23)17-9-4-11-25-17/h1-2,4-7,9-11,13H,3,8,12H2,(H,21,23). The van der Waals surface area contributed by atoms with Crippen LogP contribution in [0.25, 0.3) is 0 Å². The van der Waals surface area contributed by atoms with E-state index in [-0.39, 0.29) is 23.7 Å². The monoisotopic (exact) mass is 383 g/mol. The number of carbonyl (C=O) groups excluding carboxylic acids is 3. The summed E-state index contributed by atoms with van der Waals surface area (Å²) in [6, 6.07) is 13.3. The number of nitrogens with one attached hydrogen (secondary N) is 1. The molecule has 7 heteroatoms. The van der Waals surface area contributed by atoms with Crippen molar-refractivity contribution in [3.05, 3.63) is 76.4 Å². The predicted molar refractivity (Wildman–Crippen MR) is 101 cm³/mol. The second-order valence-corrected chi connectivity index (χ2v) is 6.56. The maximum atomic E-state index is 12.3. The molecular weight excluding hydrogens is 366 g/mol. The van der Waals surface area contributed by atoms with Gasteiger partial charge >= 0.3 is 5.97 Å². The van der Waals surface area contributed by atoms with Crippen LogP contribution >= 0.6 is 11.3 Å². The third-order valence-corrected chi connectivity index (χ3v) is 4.63. The second-order valence-electron chi connectivity index (χ2n) is 5.62. The van der Waals surface area contributed by atoms with Crippen LogP contribution < -0.4 is 5.32 Å². The zero-order valence-corrected chi connectivity index (χ0v) is 15.2. The Bertz CT molecular complexity index is 916. The topological polar surface area (TPSA) is 85.6 Å². The average Bonchev–Trinajstić information content (AvgIpc) is 3.39. The Morgan fingerprint density at radius 1 is 1.04 bits per heavy atom. The van der Waals surface area contributed by atoms with Gasteiger partial charge in [-0.25, -0.2) is 4.79 Å². The zero-order valence-electron chi connectivity index (χ0n) is 14.3. The van der Waals surface area contributed by atoms with E-state index in [9.17, 15) is 14.4 Å². The fraction of sp³-hybridized carbons (Fsp3) is 0.150. The molecule has 3 aromatic rings. The van der Waals surface area contributed by atoms with Crippen molar-refractivity contribution in [2.75, 3.05) is 11.9 Å². The summed E-state index contributed by atoms with van der Waals surface area (Å²) in [5.74, 6) is -0.840. The molecule has 0 unspecified atom stereocenters. The molecule has 0 aliphatic carbocycles. The molecule has 0 radical (unpaired) electrons. The maximum absolute atomic E-state index is 12.3. The number of hydrogen-bond acceptors (Lipinski definition) is 6. The first-order valence-electron chi connectivity index (χ1n) is 8.33. The van der Waals surface area contributed by atoms with E-state index in [4.69, 9.17) is 9.15 Å². The molecule has 0 bridgehead atoms. The summed E-state index contributed by atoms with van der Waals surface area (Å²) in [6.07, 6.45) is 2.14. The van der Waals surface area contributed by atoms with E-state index in [2.05, 4.69) is 5.32 Å². The number of esters is 1. The summed E-state index contributed by atoms with van der Waals surface area (Å²) in [6.45, 7) is 0.121. The summed E-state index contributed by atoms with van der Waals surface area (Å²) < 4.78 is 10.3. The fourth-order valence-electron chi connectivity index (χ4n) is 2.40. The average molecular weight is 383 g/mol. The molecule has 1 N–H and O–H groups in total. The minimum absolute atomic E-state index is 0.0344. The molecule has 0 saturated heterocycles. The normalized spacial score (nSPS) is 10.4. The van der Waals surface area contributed by atoms with Gasteiger partial charge in [-0.05, 0) is 42.1 Å². The molecule has 0 aliphatic rings. The number of amides is 1. The smallest absolute Gasteiger partial charge is 0.340 e. The van der Waals surface area contributed by atoms with Gasteiger partial charge in [-0.3, -0.25) is 9.59 Å². The molecule has 2 aromatic heterocycles. The van der Waals surface area contributed by atoms with Crippen LogP contribution in [-0.4, -0.2) is 24.3 Å². The quantitative estimate of drug-likeness (QED) is 0.354. The van der Waals surface area contributed by atoms with Gasteiger partial charge in [0.1, 0.15) is 0 Å². The lowest BCUT2D eigenvalue weighted by molar-refractivity contribution is 0.0495. The van der Waals surface area contributed by atoms with Gasteiger partial charge in [-0.2, -0.15) is 0 Å². The first-order chi connectivity index (χ1) is 13.1. The molecule has 0 saturated carbocycles. The van der Waals surface area contributed by atoms with Gasteiger partial charge in [0, 0.05) is 6.42 Å². The molecule has 1 amide bonds. The van der Waals surface area contributed by atoms with Gasteiger partial charge in [0.25, 0.3) is 5.91 Å². The van der Waals surface area contributed by atoms with Crippen molar-refractivity contribution in [3.8, 4) is 0 Å². The number of thiophene rings is 1. The van der Waals surface area contributed by atoms with E-state index in [0.29, 0.717) is 23.4 Å². The van der Waals surface area contributed by atoms with Crippen LogP contribution in [0.5, 0.6) is 0 Å². The molecule has 1 aromatic carbocycles. The molecule has 27 heavy (non-hydrogen) atoms. The van der Waals surface area contributed by atoms with E-state index in [1.165, 1.54) is 23.7 Å². The summed E-state index contributed by atoms with van der Waals surface area (Å²) in [5.41, 5.74) is 0.570. The fourth-order valence-corrected chi connectivity index (χ4v) is 3.09. The highest BCUT2D eigenvalue weighted by atomic mass is 32.1. The van der Waals surface area contributed by atoms with Crippen molar-refractivity contribution in [1.29, 1.82) is 0 Å². The van der Waals surface area contributed by atoms with E-state index in [1.54, 1.807) is 36.4 Å². The van der Waals surface area contributed by atoms with Gasteiger partial charge in [-0.15, -0.1) is 11.3 Å². The molecule has 0 spiro atoms. The summed E-state index contributed by atoms with van der Waals surface area (Å²) in [5, 5.41) is 4.48. The number of benzene rings is 1. The highest BCUT2D eigenvalue weighted by Gasteiger charge is 2.16. The third-order valence-electron chi connectivity index (χ3n) is 3.72.